The Balaban J connectivity index is 1.68. The molecular formula is C19H20FNO3. The molecular weight excluding hydrogens is 309 g/mol. The molecule has 0 unspecified atom stereocenters. The molecule has 0 saturated carbocycles. The number of rotatable bonds is 5. The second-order valence-electron chi connectivity index (χ2n) is 5.97. The number of benzene rings is 1. The lowest BCUT2D eigenvalue weighted by atomic mass is 9.74. The largest absolute Gasteiger partial charge is 0.465 e. The van der Waals surface area contributed by atoms with E-state index in [-0.39, 0.29) is 17.1 Å². The average Bonchev–Trinajstić information content (AvgIpc) is 3.13. The number of halogens is 1. The molecule has 1 N–H and O–H groups in total. The Kier molecular flexibility index (Phi) is 5.11. The quantitative estimate of drug-likeness (QED) is 0.857. The summed E-state index contributed by atoms with van der Waals surface area (Å²) in [5.74, 6) is 0.190. The summed E-state index contributed by atoms with van der Waals surface area (Å²) in [5.41, 5.74) is 0.808. The van der Waals surface area contributed by atoms with E-state index in [1.807, 2.05) is 0 Å². The Morgan fingerprint density at radius 1 is 1.21 bits per heavy atom. The third-order valence-electron chi connectivity index (χ3n) is 4.45. The Morgan fingerprint density at radius 2 is 1.96 bits per heavy atom. The zero-order chi connectivity index (χ0) is 16.8. The molecule has 0 bridgehead atoms. The van der Waals surface area contributed by atoms with Gasteiger partial charge in [0.1, 0.15) is 11.6 Å². The molecule has 1 saturated heterocycles. The van der Waals surface area contributed by atoms with Crippen LogP contribution in [-0.4, -0.2) is 25.7 Å². The van der Waals surface area contributed by atoms with Crippen molar-refractivity contribution in [1.82, 2.24) is 5.32 Å². The minimum atomic E-state index is -0.258. The van der Waals surface area contributed by atoms with Gasteiger partial charge in [0.25, 0.3) is 0 Å². The van der Waals surface area contributed by atoms with E-state index in [0.29, 0.717) is 25.5 Å². The monoisotopic (exact) mass is 329 g/mol. The first-order valence-electron chi connectivity index (χ1n) is 8.01. The maximum atomic E-state index is 13.2. The molecule has 1 aliphatic heterocycles. The molecule has 0 atom stereocenters. The molecule has 0 spiro atoms. The summed E-state index contributed by atoms with van der Waals surface area (Å²) in [5, 5.41) is 2.95. The van der Waals surface area contributed by atoms with Crippen LogP contribution in [0.4, 0.5) is 4.39 Å². The number of nitrogens with one attached hydrogen (secondary N) is 1. The van der Waals surface area contributed by atoms with Crippen LogP contribution in [-0.2, 0) is 14.9 Å². The molecule has 1 amide bonds. The molecule has 3 rings (SSSR count). The van der Waals surface area contributed by atoms with Gasteiger partial charge in [0.05, 0.1) is 6.26 Å². The Bertz CT molecular complexity index is 686. The SMILES string of the molecule is O=C(/C=C/c1ccco1)NCC1(c2ccc(F)cc2)CCOCC1. The number of furan rings is 1. The van der Waals surface area contributed by atoms with Gasteiger partial charge in [-0.1, -0.05) is 12.1 Å². The lowest BCUT2D eigenvalue weighted by Gasteiger charge is -2.37. The summed E-state index contributed by atoms with van der Waals surface area (Å²) in [4.78, 5) is 12.1. The van der Waals surface area contributed by atoms with Crippen molar-refractivity contribution in [3.63, 3.8) is 0 Å². The third-order valence-corrected chi connectivity index (χ3v) is 4.45. The zero-order valence-electron chi connectivity index (χ0n) is 13.3. The van der Waals surface area contributed by atoms with E-state index in [1.165, 1.54) is 18.2 Å². The first kappa shape index (κ1) is 16.5. The van der Waals surface area contributed by atoms with Crippen LogP contribution in [0, 0.1) is 5.82 Å². The van der Waals surface area contributed by atoms with Crippen LogP contribution in [0.1, 0.15) is 24.2 Å². The molecule has 2 heterocycles. The second kappa shape index (κ2) is 7.45. The van der Waals surface area contributed by atoms with Crippen LogP contribution >= 0.6 is 0 Å². The van der Waals surface area contributed by atoms with Crippen LogP contribution in [0.3, 0.4) is 0 Å². The van der Waals surface area contributed by atoms with Crippen molar-refractivity contribution < 1.29 is 18.3 Å². The molecule has 4 nitrogen and oxygen atoms in total. The topological polar surface area (TPSA) is 51.5 Å². The number of ether oxygens (including phenoxy) is 1. The van der Waals surface area contributed by atoms with Crippen molar-refractivity contribution in [3.8, 4) is 0 Å². The fraction of sp³-hybridized carbons (Fsp3) is 0.316. The predicted molar refractivity (Wildman–Crippen MR) is 88.9 cm³/mol. The maximum Gasteiger partial charge on any atom is 0.244 e. The number of carbonyl (C=O) groups is 1. The third kappa shape index (κ3) is 3.92. The van der Waals surface area contributed by atoms with Crippen molar-refractivity contribution >= 4 is 12.0 Å². The summed E-state index contributed by atoms with van der Waals surface area (Å²) < 4.78 is 23.8. The highest BCUT2D eigenvalue weighted by molar-refractivity contribution is 5.91. The van der Waals surface area contributed by atoms with Gasteiger partial charge in [0.2, 0.25) is 5.91 Å². The number of hydrogen-bond acceptors (Lipinski definition) is 3. The summed E-state index contributed by atoms with van der Waals surface area (Å²) in [6, 6.07) is 10.1. The highest BCUT2D eigenvalue weighted by atomic mass is 19.1. The average molecular weight is 329 g/mol. The zero-order valence-corrected chi connectivity index (χ0v) is 13.3. The molecule has 24 heavy (non-hydrogen) atoms. The van der Waals surface area contributed by atoms with Crippen LogP contribution in [0.2, 0.25) is 0 Å². The van der Waals surface area contributed by atoms with Crippen molar-refractivity contribution in [1.29, 1.82) is 0 Å². The van der Waals surface area contributed by atoms with E-state index in [1.54, 1.807) is 36.6 Å². The van der Waals surface area contributed by atoms with Crippen LogP contribution in [0.5, 0.6) is 0 Å². The van der Waals surface area contributed by atoms with Crippen molar-refractivity contribution in [2.45, 2.75) is 18.3 Å². The summed E-state index contributed by atoms with van der Waals surface area (Å²) >= 11 is 0. The lowest BCUT2D eigenvalue weighted by molar-refractivity contribution is -0.116. The Hall–Kier alpha value is -2.40. The molecule has 1 fully saturated rings. The molecule has 1 aromatic carbocycles. The smallest absolute Gasteiger partial charge is 0.244 e. The fourth-order valence-corrected chi connectivity index (χ4v) is 2.99. The molecule has 1 aromatic heterocycles. The van der Waals surface area contributed by atoms with Crippen LogP contribution in [0.25, 0.3) is 6.08 Å². The first-order chi connectivity index (χ1) is 11.7. The van der Waals surface area contributed by atoms with E-state index in [9.17, 15) is 9.18 Å². The van der Waals surface area contributed by atoms with Crippen LogP contribution in [0.15, 0.2) is 53.2 Å². The number of carbonyl (C=O) groups excluding carboxylic acids is 1. The minimum absolute atomic E-state index is 0.181. The van der Waals surface area contributed by atoms with Gasteiger partial charge in [-0.25, -0.2) is 4.39 Å². The molecule has 2 aromatic rings. The van der Waals surface area contributed by atoms with E-state index in [0.717, 1.165) is 18.4 Å². The molecule has 0 aliphatic carbocycles. The normalized spacial score (nSPS) is 17.0. The Labute approximate surface area is 140 Å². The first-order valence-corrected chi connectivity index (χ1v) is 8.01. The summed E-state index contributed by atoms with van der Waals surface area (Å²) in [6.07, 6.45) is 6.23. The predicted octanol–water partition coefficient (Wildman–Crippen LogP) is 3.30. The summed E-state index contributed by atoms with van der Waals surface area (Å²) in [7, 11) is 0. The van der Waals surface area contributed by atoms with Gasteiger partial charge in [-0.3, -0.25) is 4.79 Å². The van der Waals surface area contributed by atoms with E-state index in [2.05, 4.69) is 5.32 Å². The van der Waals surface area contributed by atoms with Gasteiger partial charge in [0.15, 0.2) is 0 Å². The standard InChI is InChI=1S/C19H20FNO3/c20-16-5-3-15(4-6-16)19(9-12-23-13-10-19)14-21-18(22)8-7-17-2-1-11-24-17/h1-8,11H,9-10,12-14H2,(H,21,22)/b8-7+. The van der Waals surface area contributed by atoms with Gasteiger partial charge in [-0.2, -0.15) is 0 Å². The van der Waals surface area contributed by atoms with E-state index in [4.69, 9.17) is 9.15 Å². The molecule has 126 valence electrons. The van der Waals surface area contributed by atoms with Gasteiger partial charge in [-0.05, 0) is 48.7 Å². The van der Waals surface area contributed by atoms with Gasteiger partial charge < -0.3 is 14.5 Å². The van der Waals surface area contributed by atoms with E-state index >= 15 is 0 Å². The number of hydrogen-bond donors (Lipinski definition) is 1. The van der Waals surface area contributed by atoms with Gasteiger partial charge >= 0.3 is 0 Å². The lowest BCUT2D eigenvalue weighted by Crippen LogP contribution is -2.44. The van der Waals surface area contributed by atoms with Crippen LogP contribution < -0.4 is 5.32 Å². The molecule has 1 aliphatic rings. The molecule has 5 heteroatoms. The van der Waals surface area contributed by atoms with Crippen molar-refractivity contribution in [2.24, 2.45) is 0 Å². The van der Waals surface area contributed by atoms with Crippen molar-refractivity contribution in [2.75, 3.05) is 19.8 Å². The Morgan fingerprint density at radius 3 is 2.62 bits per heavy atom. The number of amides is 1. The minimum Gasteiger partial charge on any atom is -0.465 e. The highest BCUT2D eigenvalue weighted by Gasteiger charge is 2.34. The maximum absolute atomic E-state index is 13.2. The second-order valence-corrected chi connectivity index (χ2v) is 5.97. The highest BCUT2D eigenvalue weighted by Crippen LogP contribution is 2.34. The van der Waals surface area contributed by atoms with Gasteiger partial charge in [-0.15, -0.1) is 0 Å². The summed E-state index contributed by atoms with van der Waals surface area (Å²) in [6.45, 7) is 1.76. The van der Waals surface area contributed by atoms with Crippen molar-refractivity contribution in [3.05, 3.63) is 65.9 Å². The fourth-order valence-electron chi connectivity index (χ4n) is 2.99. The van der Waals surface area contributed by atoms with E-state index < -0.39 is 0 Å². The molecule has 0 radical (unpaired) electrons. The van der Waals surface area contributed by atoms with Gasteiger partial charge in [0, 0.05) is 31.2 Å².